The van der Waals surface area contributed by atoms with Gasteiger partial charge in [0.1, 0.15) is 11.5 Å². The Kier molecular flexibility index (Phi) is 5.13. The van der Waals surface area contributed by atoms with E-state index < -0.39 is 0 Å². The summed E-state index contributed by atoms with van der Waals surface area (Å²) in [6, 6.07) is 7.88. The number of anilines is 1. The Labute approximate surface area is 170 Å². The van der Waals surface area contributed by atoms with Crippen molar-refractivity contribution in [2.24, 2.45) is 5.92 Å². The van der Waals surface area contributed by atoms with Gasteiger partial charge in [-0.2, -0.15) is 5.10 Å². The van der Waals surface area contributed by atoms with Crippen molar-refractivity contribution in [3.63, 3.8) is 0 Å². The molecule has 1 aromatic carbocycles. The Bertz CT molecular complexity index is 1050. The summed E-state index contributed by atoms with van der Waals surface area (Å²) in [5.41, 5.74) is 4.80. The summed E-state index contributed by atoms with van der Waals surface area (Å²) in [6.07, 6.45) is 2.74. The third-order valence-electron chi connectivity index (χ3n) is 5.59. The van der Waals surface area contributed by atoms with Crippen molar-refractivity contribution in [2.45, 2.75) is 46.6 Å². The summed E-state index contributed by atoms with van der Waals surface area (Å²) in [6.45, 7) is 6.63. The molecule has 29 heavy (non-hydrogen) atoms. The number of hydrogen-bond donors (Lipinski definition) is 1. The molecule has 0 fully saturated rings. The molecule has 1 unspecified atom stereocenters. The highest BCUT2D eigenvalue weighted by Crippen LogP contribution is 2.29. The number of carbonyl (C=O) groups is 1. The lowest BCUT2D eigenvalue weighted by molar-refractivity contribution is 0.101. The Morgan fingerprint density at radius 1 is 1.38 bits per heavy atom. The van der Waals surface area contributed by atoms with Crippen LogP contribution in [0.5, 0.6) is 5.75 Å². The highest BCUT2D eigenvalue weighted by Gasteiger charge is 2.28. The Morgan fingerprint density at radius 2 is 2.21 bits per heavy atom. The van der Waals surface area contributed by atoms with Crippen LogP contribution in [0.4, 0.5) is 5.69 Å². The Hall–Kier alpha value is -3.09. The minimum atomic E-state index is -0.240. The zero-order chi connectivity index (χ0) is 20.5. The molecule has 2 heterocycles. The quantitative estimate of drug-likeness (QED) is 0.709. The maximum Gasteiger partial charge on any atom is 0.278 e. The van der Waals surface area contributed by atoms with Crippen LogP contribution in [0.1, 0.15) is 52.1 Å². The summed E-state index contributed by atoms with van der Waals surface area (Å²) in [7, 11) is 1.65. The number of amides is 1. The molecule has 7 heteroatoms. The van der Waals surface area contributed by atoms with E-state index >= 15 is 0 Å². The molecule has 1 aliphatic rings. The number of aromatic nitrogens is 3. The van der Waals surface area contributed by atoms with Crippen molar-refractivity contribution >= 4 is 11.6 Å². The second kappa shape index (κ2) is 7.73. The van der Waals surface area contributed by atoms with E-state index in [0.717, 1.165) is 59.0 Å². The largest absolute Gasteiger partial charge is 0.497 e. The third-order valence-corrected chi connectivity index (χ3v) is 5.59. The van der Waals surface area contributed by atoms with Gasteiger partial charge in [0, 0.05) is 12.0 Å². The topological polar surface area (TPSA) is 82.2 Å². The van der Waals surface area contributed by atoms with Gasteiger partial charge in [0.05, 0.1) is 30.7 Å². The molecule has 2 aromatic heterocycles. The second-order valence-corrected chi connectivity index (χ2v) is 7.79. The van der Waals surface area contributed by atoms with E-state index in [1.54, 1.807) is 7.11 Å². The average Bonchev–Trinajstić information content (AvgIpc) is 3.24. The van der Waals surface area contributed by atoms with Crippen LogP contribution in [-0.2, 0) is 19.4 Å². The van der Waals surface area contributed by atoms with E-state index in [4.69, 9.17) is 9.26 Å². The number of aryl methyl sites for hydroxylation is 2. The number of benzene rings is 1. The summed E-state index contributed by atoms with van der Waals surface area (Å²) < 4.78 is 12.6. The molecule has 1 amide bonds. The van der Waals surface area contributed by atoms with E-state index in [0.29, 0.717) is 18.2 Å². The number of hydrogen-bond acceptors (Lipinski definition) is 5. The molecule has 0 radical (unpaired) electrons. The first-order valence-corrected chi connectivity index (χ1v) is 9.92. The van der Waals surface area contributed by atoms with E-state index in [-0.39, 0.29) is 5.91 Å². The molecular weight excluding hydrogens is 368 g/mol. The van der Waals surface area contributed by atoms with E-state index in [9.17, 15) is 4.79 Å². The normalized spacial score (nSPS) is 15.8. The van der Waals surface area contributed by atoms with Gasteiger partial charge in [-0.05, 0) is 50.3 Å². The van der Waals surface area contributed by atoms with Gasteiger partial charge in [0.2, 0.25) is 0 Å². The van der Waals surface area contributed by atoms with E-state index in [1.165, 1.54) is 0 Å². The van der Waals surface area contributed by atoms with Crippen molar-refractivity contribution in [3.05, 3.63) is 58.2 Å². The zero-order valence-corrected chi connectivity index (χ0v) is 17.3. The fourth-order valence-electron chi connectivity index (χ4n) is 3.90. The van der Waals surface area contributed by atoms with Gasteiger partial charge in [0.15, 0.2) is 5.69 Å². The van der Waals surface area contributed by atoms with E-state index in [1.807, 2.05) is 42.8 Å². The highest BCUT2D eigenvalue weighted by molar-refractivity contribution is 6.04. The molecule has 1 aliphatic carbocycles. The van der Waals surface area contributed by atoms with Gasteiger partial charge >= 0.3 is 0 Å². The standard InChI is InChI=1S/C22H26N4O3/c1-13-8-9-19-18(10-13)21(25-29-19)22(27)23-20-14(2)24-26(15(20)3)12-16-6-5-7-17(11-16)28-4/h5-7,11,13H,8-10,12H2,1-4H3,(H,23,27). The number of fused-ring (bicyclic) bond motifs is 1. The molecule has 0 saturated carbocycles. The number of carbonyl (C=O) groups excluding carboxylic acids is 1. The molecule has 0 spiro atoms. The van der Waals surface area contributed by atoms with Crippen molar-refractivity contribution in [1.82, 2.24) is 14.9 Å². The first-order chi connectivity index (χ1) is 14.0. The van der Waals surface area contributed by atoms with Crippen LogP contribution in [0.25, 0.3) is 0 Å². The zero-order valence-electron chi connectivity index (χ0n) is 17.3. The molecule has 1 N–H and O–H groups in total. The van der Waals surface area contributed by atoms with Gasteiger partial charge in [-0.25, -0.2) is 0 Å². The number of nitrogens with one attached hydrogen (secondary N) is 1. The number of rotatable bonds is 5. The lowest BCUT2D eigenvalue weighted by atomic mass is 9.88. The molecule has 152 valence electrons. The lowest BCUT2D eigenvalue weighted by Gasteiger charge is -2.16. The van der Waals surface area contributed by atoms with Gasteiger partial charge in [-0.3, -0.25) is 9.48 Å². The van der Waals surface area contributed by atoms with Crippen LogP contribution in [-0.4, -0.2) is 28.0 Å². The minimum Gasteiger partial charge on any atom is -0.497 e. The maximum absolute atomic E-state index is 12.9. The number of nitrogens with zero attached hydrogens (tertiary/aromatic N) is 3. The van der Waals surface area contributed by atoms with Crippen LogP contribution in [0, 0.1) is 19.8 Å². The molecule has 0 saturated heterocycles. The number of methoxy groups -OCH3 is 1. The predicted octanol–water partition coefficient (Wildman–Crippen LogP) is 3.92. The number of ether oxygens (including phenoxy) is 1. The average molecular weight is 394 g/mol. The smallest absolute Gasteiger partial charge is 0.278 e. The highest BCUT2D eigenvalue weighted by atomic mass is 16.5. The van der Waals surface area contributed by atoms with Crippen LogP contribution < -0.4 is 10.1 Å². The second-order valence-electron chi connectivity index (χ2n) is 7.79. The molecule has 3 aromatic rings. The van der Waals surface area contributed by atoms with E-state index in [2.05, 4.69) is 22.5 Å². The minimum absolute atomic E-state index is 0.240. The van der Waals surface area contributed by atoms with Crippen LogP contribution in [0.15, 0.2) is 28.8 Å². The fourth-order valence-corrected chi connectivity index (χ4v) is 3.90. The molecular formula is C22H26N4O3. The van der Waals surface area contributed by atoms with Crippen LogP contribution in [0.2, 0.25) is 0 Å². The molecule has 0 aliphatic heterocycles. The first kappa shape index (κ1) is 19.2. The first-order valence-electron chi connectivity index (χ1n) is 9.92. The predicted molar refractivity (Wildman–Crippen MR) is 109 cm³/mol. The molecule has 0 bridgehead atoms. The Balaban J connectivity index is 1.55. The van der Waals surface area contributed by atoms with Crippen LogP contribution >= 0.6 is 0 Å². The van der Waals surface area contributed by atoms with Gasteiger partial charge < -0.3 is 14.6 Å². The third kappa shape index (κ3) is 3.77. The summed E-state index contributed by atoms with van der Waals surface area (Å²) in [5.74, 6) is 1.94. The fraction of sp³-hybridized carbons (Fsp3) is 0.409. The summed E-state index contributed by atoms with van der Waals surface area (Å²) >= 11 is 0. The van der Waals surface area contributed by atoms with Crippen molar-refractivity contribution in [1.29, 1.82) is 0 Å². The molecule has 4 rings (SSSR count). The van der Waals surface area contributed by atoms with Crippen molar-refractivity contribution in [2.75, 3.05) is 12.4 Å². The van der Waals surface area contributed by atoms with Gasteiger partial charge in [-0.15, -0.1) is 0 Å². The van der Waals surface area contributed by atoms with Gasteiger partial charge in [0.25, 0.3) is 5.91 Å². The molecule has 7 nitrogen and oxygen atoms in total. The Morgan fingerprint density at radius 3 is 3.00 bits per heavy atom. The van der Waals surface area contributed by atoms with Crippen LogP contribution in [0.3, 0.4) is 0 Å². The summed E-state index contributed by atoms with van der Waals surface area (Å²) in [4.78, 5) is 12.9. The summed E-state index contributed by atoms with van der Waals surface area (Å²) in [5, 5.41) is 11.7. The van der Waals surface area contributed by atoms with Crippen molar-refractivity contribution in [3.8, 4) is 5.75 Å². The lowest BCUT2D eigenvalue weighted by Crippen LogP contribution is -2.18. The SMILES string of the molecule is COc1cccc(Cn2nc(C)c(NC(=O)c3noc4c3CC(C)CC4)c2C)c1. The maximum atomic E-state index is 12.9. The van der Waals surface area contributed by atoms with Crippen molar-refractivity contribution < 1.29 is 14.1 Å². The van der Waals surface area contributed by atoms with Gasteiger partial charge in [-0.1, -0.05) is 24.2 Å². The molecule has 1 atom stereocenters. The monoisotopic (exact) mass is 394 g/mol.